The van der Waals surface area contributed by atoms with E-state index in [9.17, 15) is 13.6 Å². The van der Waals surface area contributed by atoms with Crippen molar-refractivity contribution in [3.05, 3.63) is 106 Å². The van der Waals surface area contributed by atoms with Crippen LogP contribution in [0.3, 0.4) is 0 Å². The summed E-state index contributed by atoms with van der Waals surface area (Å²) in [5.74, 6) is -0.701. The second-order valence-corrected chi connectivity index (χ2v) is 14.3. The number of hydrogen-bond donors (Lipinski definition) is 1. The third-order valence-electron chi connectivity index (χ3n) is 10.2. The summed E-state index contributed by atoms with van der Waals surface area (Å²) in [6.07, 6.45) is 0.0502. The minimum absolute atomic E-state index is 0.130. The van der Waals surface area contributed by atoms with Gasteiger partial charge in [0.05, 0.1) is 46.4 Å². The molecule has 1 fully saturated rings. The van der Waals surface area contributed by atoms with Crippen LogP contribution in [0.2, 0.25) is 0 Å². The number of anilines is 1. The van der Waals surface area contributed by atoms with Crippen LogP contribution in [0.4, 0.5) is 23.4 Å². The van der Waals surface area contributed by atoms with E-state index in [0.717, 1.165) is 29.9 Å². The van der Waals surface area contributed by atoms with Crippen LogP contribution >= 0.6 is 11.3 Å². The molecule has 1 aliphatic carbocycles. The lowest BCUT2D eigenvalue weighted by atomic mass is 9.93. The van der Waals surface area contributed by atoms with Gasteiger partial charge in [0.1, 0.15) is 11.6 Å². The summed E-state index contributed by atoms with van der Waals surface area (Å²) in [6, 6.07) is 11.2. The first-order chi connectivity index (χ1) is 25.2. The maximum atomic E-state index is 15.7. The maximum Gasteiger partial charge on any atom is 0.257 e. The zero-order chi connectivity index (χ0) is 35.8. The molecule has 1 amide bonds. The molecule has 9 nitrogen and oxygen atoms in total. The molecular weight excluding hydrogens is 697 g/mol. The van der Waals surface area contributed by atoms with Gasteiger partial charge in [0.25, 0.3) is 5.91 Å². The van der Waals surface area contributed by atoms with E-state index in [-0.39, 0.29) is 40.5 Å². The number of aromatic nitrogens is 4. The molecule has 264 valence electrons. The number of methoxy groups -OCH3 is 1. The molecule has 4 aromatic heterocycles. The Balaban J connectivity index is 1.20. The van der Waals surface area contributed by atoms with Crippen molar-refractivity contribution >= 4 is 33.1 Å². The smallest absolute Gasteiger partial charge is 0.257 e. The number of carbonyl (C=O) groups is 1. The van der Waals surface area contributed by atoms with Gasteiger partial charge in [0.15, 0.2) is 23.9 Å². The molecule has 52 heavy (non-hydrogen) atoms. The highest BCUT2D eigenvalue weighted by atomic mass is 32.1. The van der Waals surface area contributed by atoms with Crippen molar-refractivity contribution < 1.29 is 31.5 Å². The Labute approximate surface area is 298 Å². The lowest BCUT2D eigenvalue weighted by molar-refractivity contribution is 0.0776. The Kier molecular flexibility index (Phi) is 7.75. The molecule has 0 unspecified atom stereocenters. The fraction of sp³-hybridized carbons (Fsp3) is 0.289. The molecule has 2 aliphatic heterocycles. The first kappa shape index (κ1) is 32.5. The van der Waals surface area contributed by atoms with Crippen LogP contribution in [0.5, 0.6) is 5.75 Å². The standard InChI is InChI=1S/C38H30F4N6O3S/c1-17-46-47-37(51-17)27-23(12-7-18-5-8-20(39)9-6-18)44-33-24-4-3-15-48(24)38(49)29(33)28(27)25-16-19-13-14-43-36(35(19)52-25)45-32-21-10-11-22(40)34(50-2)26(21)30(41)31(32)42/h5-6,8-11,13-14,16,24,30-32H,3-4,7,12,15H2,1-2H3,(H,43,45)/t24-,30-,31-,32-/m1/s1. The number of pyridine rings is 2. The second kappa shape index (κ2) is 12.4. The van der Waals surface area contributed by atoms with Crippen LogP contribution in [0.1, 0.15) is 75.4 Å². The Hall–Kier alpha value is -5.37. The highest BCUT2D eigenvalue weighted by Gasteiger charge is 2.46. The Morgan fingerprint density at radius 3 is 2.63 bits per heavy atom. The number of nitrogens with zero attached hydrogens (tertiary/aromatic N) is 5. The van der Waals surface area contributed by atoms with Gasteiger partial charge in [-0.2, -0.15) is 0 Å². The fourth-order valence-corrected chi connectivity index (χ4v) is 9.03. The van der Waals surface area contributed by atoms with Gasteiger partial charge in [-0.1, -0.05) is 18.2 Å². The molecule has 6 aromatic rings. The van der Waals surface area contributed by atoms with Crippen LogP contribution in [0, 0.1) is 18.6 Å². The summed E-state index contributed by atoms with van der Waals surface area (Å²) in [7, 11) is 1.22. The molecule has 9 rings (SSSR count). The number of nitrogens with one attached hydrogen (secondary N) is 1. The zero-order valence-corrected chi connectivity index (χ0v) is 28.7. The van der Waals surface area contributed by atoms with E-state index in [0.29, 0.717) is 68.8 Å². The molecule has 0 spiro atoms. The number of fused-ring (bicyclic) bond motifs is 5. The predicted octanol–water partition coefficient (Wildman–Crippen LogP) is 8.59. The number of hydrogen-bond acceptors (Lipinski definition) is 9. The van der Waals surface area contributed by atoms with E-state index in [1.165, 1.54) is 36.6 Å². The minimum atomic E-state index is -2.11. The van der Waals surface area contributed by atoms with Gasteiger partial charge in [-0.3, -0.25) is 9.78 Å². The molecule has 0 radical (unpaired) electrons. The topological polar surface area (TPSA) is 106 Å². The van der Waals surface area contributed by atoms with Gasteiger partial charge in [-0.25, -0.2) is 22.5 Å². The van der Waals surface area contributed by atoms with Gasteiger partial charge in [0, 0.05) is 35.7 Å². The molecule has 0 bridgehead atoms. The predicted molar refractivity (Wildman–Crippen MR) is 186 cm³/mol. The van der Waals surface area contributed by atoms with Gasteiger partial charge in [-0.15, -0.1) is 21.5 Å². The number of rotatable bonds is 8. The Morgan fingerprint density at radius 1 is 1.04 bits per heavy atom. The lowest BCUT2D eigenvalue weighted by Gasteiger charge is -2.18. The number of ether oxygens (including phenoxy) is 1. The number of benzene rings is 2. The summed E-state index contributed by atoms with van der Waals surface area (Å²) >= 11 is 1.33. The molecule has 1 saturated heterocycles. The number of thiophene rings is 1. The second-order valence-electron chi connectivity index (χ2n) is 13.2. The van der Waals surface area contributed by atoms with Crippen LogP contribution in [0.25, 0.3) is 32.0 Å². The van der Waals surface area contributed by atoms with Crippen molar-refractivity contribution in [2.75, 3.05) is 19.0 Å². The molecule has 4 atom stereocenters. The van der Waals surface area contributed by atoms with Crippen molar-refractivity contribution in [3.63, 3.8) is 0 Å². The van der Waals surface area contributed by atoms with E-state index in [1.807, 2.05) is 11.0 Å². The first-order valence-electron chi connectivity index (χ1n) is 16.9. The Bertz CT molecular complexity index is 2400. The highest BCUT2D eigenvalue weighted by Crippen LogP contribution is 2.52. The highest BCUT2D eigenvalue weighted by molar-refractivity contribution is 7.23. The maximum absolute atomic E-state index is 15.7. The minimum Gasteiger partial charge on any atom is -0.493 e. The summed E-state index contributed by atoms with van der Waals surface area (Å²) in [6.45, 7) is 2.30. The number of halogens is 4. The molecule has 14 heteroatoms. The first-order valence-corrected chi connectivity index (χ1v) is 17.8. The summed E-state index contributed by atoms with van der Waals surface area (Å²) in [4.78, 5) is 26.4. The zero-order valence-electron chi connectivity index (χ0n) is 27.9. The summed E-state index contributed by atoms with van der Waals surface area (Å²) < 4.78 is 71.0. The van der Waals surface area contributed by atoms with Crippen molar-refractivity contribution in [1.29, 1.82) is 0 Å². The average Bonchev–Trinajstić information content (AvgIpc) is 3.97. The van der Waals surface area contributed by atoms with Crippen molar-refractivity contribution in [2.24, 2.45) is 0 Å². The molecule has 2 aromatic carbocycles. The molecule has 3 aliphatic rings. The quantitative estimate of drug-likeness (QED) is 0.156. The van der Waals surface area contributed by atoms with Crippen molar-refractivity contribution in [1.82, 2.24) is 25.1 Å². The van der Waals surface area contributed by atoms with Crippen LogP contribution in [-0.2, 0) is 12.8 Å². The summed E-state index contributed by atoms with van der Waals surface area (Å²) in [5.41, 5.74) is 3.96. The number of amides is 1. The van der Waals surface area contributed by atoms with Crippen molar-refractivity contribution in [3.8, 4) is 27.6 Å². The number of alkyl halides is 2. The largest absolute Gasteiger partial charge is 0.493 e. The lowest BCUT2D eigenvalue weighted by Crippen LogP contribution is -2.22. The molecule has 1 N–H and O–H groups in total. The molecule has 0 saturated carbocycles. The van der Waals surface area contributed by atoms with Gasteiger partial charge in [-0.05, 0) is 72.5 Å². The monoisotopic (exact) mass is 726 g/mol. The van der Waals surface area contributed by atoms with Crippen LogP contribution < -0.4 is 10.1 Å². The van der Waals surface area contributed by atoms with Crippen LogP contribution in [0.15, 0.2) is 59.1 Å². The van der Waals surface area contributed by atoms with E-state index < -0.39 is 24.2 Å². The van der Waals surface area contributed by atoms with Crippen LogP contribution in [-0.4, -0.2) is 50.8 Å². The summed E-state index contributed by atoms with van der Waals surface area (Å²) in [5, 5.41) is 12.3. The van der Waals surface area contributed by atoms with E-state index >= 15 is 8.78 Å². The SMILES string of the molecule is COc1c(F)ccc2c1[C@@H](F)[C@@H](F)[C@@H]2Nc1nccc2cc(-c3c4c(nc(CCc5ccc(F)cc5)c3-c3nnc(C)o3)[C@H]3CCCN3C4=O)sc12. The van der Waals surface area contributed by atoms with E-state index in [2.05, 4.69) is 20.5 Å². The van der Waals surface area contributed by atoms with E-state index in [4.69, 9.17) is 14.1 Å². The molecular formula is C38H30F4N6O3S. The number of aryl methyl sites for hydroxylation is 3. The number of carbonyl (C=O) groups excluding carboxylic acids is 1. The van der Waals surface area contributed by atoms with Gasteiger partial charge in [0.2, 0.25) is 11.8 Å². The van der Waals surface area contributed by atoms with Gasteiger partial charge < -0.3 is 19.4 Å². The van der Waals surface area contributed by atoms with Gasteiger partial charge >= 0.3 is 0 Å². The fourth-order valence-electron chi connectivity index (χ4n) is 7.87. The average molecular weight is 727 g/mol. The Morgan fingerprint density at radius 2 is 1.87 bits per heavy atom. The van der Waals surface area contributed by atoms with Crippen molar-refractivity contribution in [2.45, 2.75) is 57.0 Å². The molecule has 6 heterocycles. The van der Waals surface area contributed by atoms with E-state index in [1.54, 1.807) is 31.3 Å². The normalized spacial score (nSPS) is 20.4. The third-order valence-corrected chi connectivity index (χ3v) is 11.4. The third kappa shape index (κ3) is 5.06.